The lowest BCUT2D eigenvalue weighted by molar-refractivity contribution is -0.113. The van der Waals surface area contributed by atoms with Crippen LogP contribution in [0.1, 0.15) is 15.9 Å². The molecule has 3 N–H and O–H groups in total. The van der Waals surface area contributed by atoms with Crippen molar-refractivity contribution in [1.82, 2.24) is 4.98 Å². The molecule has 0 bridgehead atoms. The highest BCUT2D eigenvalue weighted by atomic mass is 35.5. The highest BCUT2D eigenvalue weighted by molar-refractivity contribution is 6.30. The average Bonchev–Trinajstić information content (AvgIpc) is 2.74. The maximum atomic E-state index is 12.5. The summed E-state index contributed by atoms with van der Waals surface area (Å²) in [6.07, 6.45) is 3.22. The molecule has 4 rings (SSSR count). The zero-order valence-electron chi connectivity index (χ0n) is 15.6. The lowest BCUT2D eigenvalue weighted by Crippen LogP contribution is -2.21. The first-order valence-electron chi connectivity index (χ1n) is 8.96. The second kappa shape index (κ2) is 8.26. The van der Waals surface area contributed by atoms with Gasteiger partial charge in [0.1, 0.15) is 18.1 Å². The standard InChI is InChI=1S/C22H16ClN3O4/c23-16-4-6-19-14(9-16)8-15(12-29-19)22(28)26-17-5-7-20(25-11-17)30-18-3-1-2-13(10-18)21(24)27/h1-11H,12H2,(H2,24,27)(H,26,28). The van der Waals surface area contributed by atoms with Crippen LogP contribution in [0.4, 0.5) is 5.69 Å². The van der Waals surface area contributed by atoms with E-state index in [-0.39, 0.29) is 12.5 Å². The number of anilines is 1. The van der Waals surface area contributed by atoms with Gasteiger partial charge in [0.2, 0.25) is 11.8 Å². The quantitative estimate of drug-likeness (QED) is 0.647. The number of nitrogens with one attached hydrogen (secondary N) is 1. The molecule has 2 aromatic carbocycles. The zero-order chi connectivity index (χ0) is 21.1. The summed E-state index contributed by atoms with van der Waals surface area (Å²) in [5.74, 6) is 0.568. The molecule has 8 heteroatoms. The molecule has 1 aromatic heterocycles. The van der Waals surface area contributed by atoms with E-state index in [9.17, 15) is 9.59 Å². The molecule has 2 heterocycles. The Balaban J connectivity index is 1.43. The number of nitrogens with two attached hydrogens (primary N) is 1. The molecule has 1 aliphatic rings. The minimum absolute atomic E-state index is 0.158. The van der Waals surface area contributed by atoms with Crippen molar-refractivity contribution in [2.24, 2.45) is 5.73 Å². The number of rotatable bonds is 5. The fourth-order valence-corrected chi connectivity index (χ4v) is 3.02. The van der Waals surface area contributed by atoms with Crippen LogP contribution in [-0.2, 0) is 4.79 Å². The molecule has 1 aliphatic heterocycles. The molecular formula is C22H16ClN3O4. The van der Waals surface area contributed by atoms with Crippen LogP contribution >= 0.6 is 11.6 Å². The molecule has 0 radical (unpaired) electrons. The van der Waals surface area contributed by atoms with Crippen LogP contribution in [0.15, 0.2) is 66.4 Å². The predicted octanol–water partition coefficient (Wildman–Crippen LogP) is 4.04. The largest absolute Gasteiger partial charge is 0.488 e. The van der Waals surface area contributed by atoms with Gasteiger partial charge < -0.3 is 20.5 Å². The van der Waals surface area contributed by atoms with Crippen molar-refractivity contribution in [3.05, 3.63) is 82.5 Å². The first kappa shape index (κ1) is 19.5. The number of carbonyl (C=O) groups is 2. The molecule has 0 fully saturated rings. The highest BCUT2D eigenvalue weighted by Gasteiger charge is 2.18. The molecule has 2 amide bonds. The summed E-state index contributed by atoms with van der Waals surface area (Å²) in [5.41, 5.74) is 7.31. The molecule has 0 spiro atoms. The number of fused-ring (bicyclic) bond motifs is 1. The monoisotopic (exact) mass is 421 g/mol. The van der Waals surface area contributed by atoms with Gasteiger partial charge in [0.05, 0.1) is 17.5 Å². The van der Waals surface area contributed by atoms with E-state index in [1.165, 1.54) is 12.3 Å². The van der Waals surface area contributed by atoms with Crippen LogP contribution in [0.2, 0.25) is 5.02 Å². The fraction of sp³-hybridized carbons (Fsp3) is 0.0455. The summed E-state index contributed by atoms with van der Waals surface area (Å²) in [6, 6.07) is 15.0. The molecular weight excluding hydrogens is 406 g/mol. The van der Waals surface area contributed by atoms with Gasteiger partial charge in [-0.3, -0.25) is 9.59 Å². The number of ether oxygens (including phenoxy) is 2. The van der Waals surface area contributed by atoms with Crippen LogP contribution in [0.25, 0.3) is 6.08 Å². The average molecular weight is 422 g/mol. The summed E-state index contributed by atoms with van der Waals surface area (Å²) in [7, 11) is 0. The summed E-state index contributed by atoms with van der Waals surface area (Å²) in [6.45, 7) is 0.158. The number of halogens is 1. The number of primary amides is 1. The number of aromatic nitrogens is 1. The SMILES string of the molecule is NC(=O)c1cccc(Oc2ccc(NC(=O)C3=Cc4cc(Cl)ccc4OC3)cn2)c1. The second-order valence-electron chi connectivity index (χ2n) is 6.47. The van der Waals surface area contributed by atoms with Gasteiger partial charge in [0.15, 0.2) is 0 Å². The van der Waals surface area contributed by atoms with Crippen LogP contribution in [-0.4, -0.2) is 23.4 Å². The molecule has 0 saturated carbocycles. The summed E-state index contributed by atoms with van der Waals surface area (Å²) in [4.78, 5) is 28.0. The Labute approximate surface area is 177 Å². The number of benzene rings is 2. The van der Waals surface area contributed by atoms with Gasteiger partial charge >= 0.3 is 0 Å². The number of hydrogen-bond acceptors (Lipinski definition) is 5. The number of nitrogens with zero attached hydrogens (tertiary/aromatic N) is 1. The number of carbonyl (C=O) groups excluding carboxylic acids is 2. The zero-order valence-corrected chi connectivity index (χ0v) is 16.3. The number of amides is 2. The minimum Gasteiger partial charge on any atom is -0.488 e. The molecule has 150 valence electrons. The lowest BCUT2D eigenvalue weighted by Gasteiger charge is -2.17. The summed E-state index contributed by atoms with van der Waals surface area (Å²) >= 11 is 6.00. The lowest BCUT2D eigenvalue weighted by atomic mass is 10.1. The Morgan fingerprint density at radius 2 is 2.00 bits per heavy atom. The second-order valence-corrected chi connectivity index (χ2v) is 6.91. The Kier molecular flexibility index (Phi) is 5.36. The van der Waals surface area contributed by atoms with E-state index in [0.29, 0.717) is 39.2 Å². The van der Waals surface area contributed by atoms with Crippen LogP contribution in [0, 0.1) is 0 Å². The van der Waals surface area contributed by atoms with Crippen molar-refractivity contribution in [3.8, 4) is 17.4 Å². The number of hydrogen-bond donors (Lipinski definition) is 2. The Morgan fingerprint density at radius 3 is 2.77 bits per heavy atom. The molecule has 30 heavy (non-hydrogen) atoms. The van der Waals surface area contributed by atoms with Crippen LogP contribution < -0.4 is 20.5 Å². The van der Waals surface area contributed by atoms with Gasteiger partial charge in [-0.15, -0.1) is 0 Å². The molecule has 0 unspecified atom stereocenters. The molecule has 3 aromatic rings. The van der Waals surface area contributed by atoms with Gasteiger partial charge in [0.25, 0.3) is 5.91 Å². The van der Waals surface area contributed by atoms with Crippen molar-refractivity contribution in [1.29, 1.82) is 0 Å². The first-order valence-corrected chi connectivity index (χ1v) is 9.34. The molecule has 0 saturated heterocycles. The van der Waals surface area contributed by atoms with E-state index >= 15 is 0 Å². The highest BCUT2D eigenvalue weighted by Crippen LogP contribution is 2.29. The smallest absolute Gasteiger partial charge is 0.255 e. The number of pyridine rings is 1. The maximum Gasteiger partial charge on any atom is 0.255 e. The topological polar surface area (TPSA) is 104 Å². The maximum absolute atomic E-state index is 12.5. The Bertz CT molecular complexity index is 1160. The van der Waals surface area contributed by atoms with Gasteiger partial charge in [-0.2, -0.15) is 0 Å². The fourth-order valence-electron chi connectivity index (χ4n) is 2.84. The van der Waals surface area contributed by atoms with Crippen molar-refractivity contribution >= 4 is 35.2 Å². The van der Waals surface area contributed by atoms with Gasteiger partial charge in [-0.05, 0) is 48.5 Å². The minimum atomic E-state index is -0.544. The Morgan fingerprint density at radius 1 is 1.13 bits per heavy atom. The van der Waals surface area contributed by atoms with E-state index in [0.717, 1.165) is 5.56 Å². The third-order valence-electron chi connectivity index (χ3n) is 4.31. The van der Waals surface area contributed by atoms with Gasteiger partial charge in [0, 0.05) is 22.2 Å². The molecule has 7 nitrogen and oxygen atoms in total. The normalized spacial score (nSPS) is 12.2. The van der Waals surface area contributed by atoms with Crippen molar-refractivity contribution in [3.63, 3.8) is 0 Å². The molecule has 0 atom stereocenters. The van der Waals surface area contributed by atoms with E-state index in [2.05, 4.69) is 10.3 Å². The van der Waals surface area contributed by atoms with Gasteiger partial charge in [-0.1, -0.05) is 17.7 Å². The summed E-state index contributed by atoms with van der Waals surface area (Å²) in [5, 5.41) is 3.34. The van der Waals surface area contributed by atoms with Crippen LogP contribution in [0.3, 0.4) is 0 Å². The van der Waals surface area contributed by atoms with Crippen LogP contribution in [0.5, 0.6) is 17.4 Å². The van der Waals surface area contributed by atoms with E-state index < -0.39 is 5.91 Å². The van der Waals surface area contributed by atoms with Gasteiger partial charge in [-0.25, -0.2) is 4.98 Å². The summed E-state index contributed by atoms with van der Waals surface area (Å²) < 4.78 is 11.2. The first-order chi connectivity index (χ1) is 14.5. The predicted molar refractivity (Wildman–Crippen MR) is 113 cm³/mol. The van der Waals surface area contributed by atoms with Crippen molar-refractivity contribution < 1.29 is 19.1 Å². The Hall–Kier alpha value is -3.84. The third-order valence-corrected chi connectivity index (χ3v) is 4.55. The van der Waals surface area contributed by atoms with E-state index in [1.807, 2.05) is 0 Å². The van der Waals surface area contributed by atoms with E-state index in [4.69, 9.17) is 26.8 Å². The van der Waals surface area contributed by atoms with E-state index in [1.54, 1.807) is 54.6 Å². The van der Waals surface area contributed by atoms with Crippen molar-refractivity contribution in [2.75, 3.05) is 11.9 Å². The third kappa shape index (κ3) is 4.42. The molecule has 0 aliphatic carbocycles. The van der Waals surface area contributed by atoms with Crippen molar-refractivity contribution in [2.45, 2.75) is 0 Å².